The van der Waals surface area contributed by atoms with Crippen molar-refractivity contribution in [3.8, 4) is 0 Å². The molecule has 2 aromatic heterocycles. The normalized spacial score (nSPS) is 10.8. The quantitative estimate of drug-likeness (QED) is 0.775. The first-order chi connectivity index (χ1) is 9.28. The molecule has 0 unspecified atom stereocenters. The molecule has 2 heterocycles. The third-order valence-electron chi connectivity index (χ3n) is 2.46. The number of hydrogen-bond donors (Lipinski definition) is 1. The maximum Gasteiger partial charge on any atom is 0.164 e. The van der Waals surface area contributed by atoms with E-state index in [1.807, 2.05) is 12.3 Å². The second kappa shape index (κ2) is 7.32. The second-order valence-corrected chi connectivity index (χ2v) is 4.96. The van der Waals surface area contributed by atoms with Crippen LogP contribution in [0, 0.1) is 0 Å². The number of hydrogen-bond acceptors (Lipinski definition) is 5. The highest BCUT2D eigenvalue weighted by Gasteiger charge is 2.02. The smallest absolute Gasteiger partial charge is 0.164 e. The minimum absolute atomic E-state index is 0.646. The van der Waals surface area contributed by atoms with E-state index in [1.54, 1.807) is 24.3 Å². The molecular formula is C12H16BrN5O. The molecule has 0 amide bonds. The molecular weight excluding hydrogens is 310 g/mol. The van der Waals surface area contributed by atoms with Crippen LogP contribution in [0.4, 0.5) is 0 Å². The summed E-state index contributed by atoms with van der Waals surface area (Å²) in [6, 6.07) is 2.02. The monoisotopic (exact) mass is 325 g/mol. The third-order valence-corrected chi connectivity index (χ3v) is 2.89. The Labute approximate surface area is 120 Å². The third kappa shape index (κ3) is 4.70. The van der Waals surface area contributed by atoms with Gasteiger partial charge in [-0.25, -0.2) is 9.67 Å². The molecule has 0 aliphatic heterocycles. The number of nitrogens with zero attached hydrogens (tertiary/aromatic N) is 4. The Morgan fingerprint density at radius 2 is 2.32 bits per heavy atom. The summed E-state index contributed by atoms with van der Waals surface area (Å²) in [4.78, 5) is 8.37. The lowest BCUT2D eigenvalue weighted by Crippen LogP contribution is -2.19. The van der Waals surface area contributed by atoms with Crippen molar-refractivity contribution >= 4 is 15.9 Å². The fourth-order valence-corrected chi connectivity index (χ4v) is 2.01. The van der Waals surface area contributed by atoms with Crippen LogP contribution in [-0.2, 0) is 17.8 Å². The highest BCUT2D eigenvalue weighted by molar-refractivity contribution is 9.10. The number of nitrogens with one attached hydrogen (secondary N) is 1. The van der Waals surface area contributed by atoms with Crippen LogP contribution in [0.25, 0.3) is 0 Å². The summed E-state index contributed by atoms with van der Waals surface area (Å²) >= 11 is 3.40. The lowest BCUT2D eigenvalue weighted by molar-refractivity contribution is 0.199. The summed E-state index contributed by atoms with van der Waals surface area (Å²) in [5, 5.41) is 7.60. The van der Waals surface area contributed by atoms with Crippen LogP contribution in [0.1, 0.15) is 11.4 Å². The minimum atomic E-state index is 0.646. The summed E-state index contributed by atoms with van der Waals surface area (Å²) in [5.41, 5.74) is 1.08. The molecule has 2 rings (SSSR count). The van der Waals surface area contributed by atoms with Crippen molar-refractivity contribution in [3.63, 3.8) is 0 Å². The van der Waals surface area contributed by atoms with Gasteiger partial charge in [-0.3, -0.25) is 4.98 Å². The highest BCUT2D eigenvalue weighted by Crippen LogP contribution is 2.10. The SMILES string of the molecule is COCCNCc1ncn(Cc2cncc(Br)c2)n1. The van der Waals surface area contributed by atoms with E-state index < -0.39 is 0 Å². The first kappa shape index (κ1) is 14.1. The molecule has 0 atom stereocenters. The zero-order valence-electron chi connectivity index (χ0n) is 10.7. The molecule has 6 nitrogen and oxygen atoms in total. The van der Waals surface area contributed by atoms with Crippen LogP contribution in [-0.4, -0.2) is 40.0 Å². The first-order valence-corrected chi connectivity index (χ1v) is 6.74. The number of rotatable bonds is 7. The molecule has 0 fully saturated rings. The molecule has 0 bridgehead atoms. The van der Waals surface area contributed by atoms with Gasteiger partial charge in [0.15, 0.2) is 5.82 Å². The van der Waals surface area contributed by atoms with Gasteiger partial charge >= 0.3 is 0 Å². The van der Waals surface area contributed by atoms with Crippen molar-refractivity contribution in [2.24, 2.45) is 0 Å². The van der Waals surface area contributed by atoms with Gasteiger partial charge in [-0.2, -0.15) is 5.10 Å². The maximum absolute atomic E-state index is 4.96. The van der Waals surface area contributed by atoms with E-state index in [9.17, 15) is 0 Å². The lowest BCUT2D eigenvalue weighted by Gasteiger charge is -2.01. The average molecular weight is 326 g/mol. The predicted molar refractivity (Wildman–Crippen MR) is 74.6 cm³/mol. The number of aromatic nitrogens is 4. The van der Waals surface area contributed by atoms with E-state index in [0.717, 1.165) is 22.4 Å². The van der Waals surface area contributed by atoms with Gasteiger partial charge in [0, 0.05) is 30.5 Å². The number of pyridine rings is 1. The Morgan fingerprint density at radius 1 is 1.42 bits per heavy atom. The van der Waals surface area contributed by atoms with Crippen molar-refractivity contribution in [1.29, 1.82) is 0 Å². The van der Waals surface area contributed by atoms with Gasteiger partial charge in [0.1, 0.15) is 6.33 Å². The minimum Gasteiger partial charge on any atom is -0.383 e. The molecule has 0 saturated carbocycles. The van der Waals surface area contributed by atoms with Gasteiger partial charge in [0.05, 0.1) is 19.7 Å². The zero-order valence-corrected chi connectivity index (χ0v) is 12.3. The summed E-state index contributed by atoms with van der Waals surface area (Å²) in [6.45, 7) is 2.79. The molecule has 19 heavy (non-hydrogen) atoms. The Bertz CT molecular complexity index is 516. The number of methoxy groups -OCH3 is 1. The fraction of sp³-hybridized carbons (Fsp3) is 0.417. The molecule has 1 N–H and O–H groups in total. The van der Waals surface area contributed by atoms with Crippen molar-refractivity contribution in [1.82, 2.24) is 25.1 Å². The highest BCUT2D eigenvalue weighted by atomic mass is 79.9. The number of ether oxygens (including phenoxy) is 1. The van der Waals surface area contributed by atoms with E-state index in [1.165, 1.54) is 0 Å². The van der Waals surface area contributed by atoms with Gasteiger partial charge in [-0.1, -0.05) is 0 Å². The van der Waals surface area contributed by atoms with Crippen LogP contribution in [0.5, 0.6) is 0 Å². The van der Waals surface area contributed by atoms with Crippen molar-refractivity contribution < 1.29 is 4.74 Å². The lowest BCUT2D eigenvalue weighted by atomic mass is 10.3. The van der Waals surface area contributed by atoms with E-state index in [2.05, 4.69) is 36.3 Å². The van der Waals surface area contributed by atoms with Crippen LogP contribution in [0.15, 0.2) is 29.3 Å². The van der Waals surface area contributed by atoms with Gasteiger partial charge in [0.2, 0.25) is 0 Å². The Hall–Kier alpha value is -1.31. The summed E-state index contributed by atoms with van der Waals surface area (Å²) in [5.74, 6) is 0.777. The predicted octanol–water partition coefficient (Wildman–Crippen LogP) is 1.22. The standard InChI is InChI=1S/C12H16BrN5O/c1-19-3-2-14-7-12-16-9-18(17-12)8-10-4-11(13)6-15-5-10/h4-6,9,14H,2-3,7-8H2,1H3. The first-order valence-electron chi connectivity index (χ1n) is 5.95. The van der Waals surface area contributed by atoms with Crippen molar-refractivity contribution in [2.45, 2.75) is 13.1 Å². The molecule has 2 aromatic rings. The molecule has 7 heteroatoms. The van der Waals surface area contributed by atoms with Crippen molar-refractivity contribution in [3.05, 3.63) is 40.6 Å². The van der Waals surface area contributed by atoms with E-state index in [0.29, 0.717) is 19.7 Å². The second-order valence-electron chi connectivity index (χ2n) is 4.04. The van der Waals surface area contributed by atoms with E-state index >= 15 is 0 Å². The molecule has 0 aliphatic carbocycles. The molecule has 0 radical (unpaired) electrons. The summed E-state index contributed by atoms with van der Waals surface area (Å²) < 4.78 is 7.72. The molecule has 0 saturated heterocycles. The van der Waals surface area contributed by atoms with Gasteiger partial charge in [-0.05, 0) is 27.6 Å². The van der Waals surface area contributed by atoms with Gasteiger partial charge in [0.25, 0.3) is 0 Å². The Morgan fingerprint density at radius 3 is 3.11 bits per heavy atom. The zero-order chi connectivity index (χ0) is 13.5. The largest absolute Gasteiger partial charge is 0.383 e. The molecule has 102 valence electrons. The Balaban J connectivity index is 1.87. The summed E-state index contributed by atoms with van der Waals surface area (Å²) in [6.07, 6.45) is 5.31. The average Bonchev–Trinajstić information content (AvgIpc) is 2.82. The molecule has 0 spiro atoms. The van der Waals surface area contributed by atoms with Gasteiger partial charge in [-0.15, -0.1) is 0 Å². The molecule has 0 aromatic carbocycles. The van der Waals surface area contributed by atoms with Crippen LogP contribution >= 0.6 is 15.9 Å². The van der Waals surface area contributed by atoms with E-state index in [-0.39, 0.29) is 0 Å². The maximum atomic E-state index is 4.96. The fourth-order valence-electron chi connectivity index (χ4n) is 1.59. The Kier molecular flexibility index (Phi) is 5.44. The van der Waals surface area contributed by atoms with Crippen LogP contribution in [0.3, 0.4) is 0 Å². The summed E-state index contributed by atoms with van der Waals surface area (Å²) in [7, 11) is 1.68. The van der Waals surface area contributed by atoms with Crippen LogP contribution in [0.2, 0.25) is 0 Å². The molecule has 0 aliphatic rings. The van der Waals surface area contributed by atoms with Crippen LogP contribution < -0.4 is 5.32 Å². The topological polar surface area (TPSA) is 64.9 Å². The number of halogens is 1. The van der Waals surface area contributed by atoms with E-state index in [4.69, 9.17) is 4.74 Å². The van der Waals surface area contributed by atoms with Gasteiger partial charge < -0.3 is 10.1 Å². The van der Waals surface area contributed by atoms with Crippen molar-refractivity contribution in [2.75, 3.05) is 20.3 Å².